The second kappa shape index (κ2) is 6.02. The molecule has 2 N–H and O–H groups in total. The van der Waals surface area contributed by atoms with Gasteiger partial charge in [0.2, 0.25) is 0 Å². The van der Waals surface area contributed by atoms with Crippen LogP contribution in [-0.4, -0.2) is 29.6 Å². The zero-order valence-electron chi connectivity index (χ0n) is 12.4. The van der Waals surface area contributed by atoms with Crippen molar-refractivity contribution in [1.82, 2.24) is 4.90 Å². The summed E-state index contributed by atoms with van der Waals surface area (Å²) in [7, 11) is 0. The molecule has 2 nitrogen and oxygen atoms in total. The van der Waals surface area contributed by atoms with Crippen LogP contribution in [0, 0.1) is 5.41 Å². The molecule has 0 radical (unpaired) electrons. The lowest BCUT2D eigenvalue weighted by atomic mass is 9.83. The predicted molar refractivity (Wildman–Crippen MR) is 73.7 cm³/mol. The molecule has 0 amide bonds. The van der Waals surface area contributed by atoms with Gasteiger partial charge in [0, 0.05) is 11.6 Å². The van der Waals surface area contributed by atoms with Crippen LogP contribution in [0.25, 0.3) is 0 Å². The first-order valence-corrected chi connectivity index (χ1v) is 6.65. The summed E-state index contributed by atoms with van der Waals surface area (Å²) in [6, 6.07) is 0.256. The minimum Gasteiger partial charge on any atom is -0.326 e. The molecule has 98 valence electrons. The number of nitrogens with zero attached hydrogens (tertiary/aromatic N) is 1. The van der Waals surface area contributed by atoms with Gasteiger partial charge in [-0.05, 0) is 45.2 Å². The molecule has 1 unspecified atom stereocenters. The Bertz CT molecular complexity index is 187. The smallest absolute Gasteiger partial charge is 0.0303 e. The minimum absolute atomic E-state index is 0.106. The molecule has 0 heterocycles. The minimum atomic E-state index is 0.106. The highest BCUT2D eigenvalue weighted by Gasteiger charge is 2.31. The molecule has 1 atom stereocenters. The predicted octanol–water partition coefficient (Wildman–Crippen LogP) is 3.26. The first-order valence-electron chi connectivity index (χ1n) is 6.65. The van der Waals surface area contributed by atoms with E-state index in [1.54, 1.807) is 0 Å². The second-order valence-electron chi connectivity index (χ2n) is 6.53. The van der Waals surface area contributed by atoms with Crippen molar-refractivity contribution >= 4 is 0 Å². The Kier molecular flexibility index (Phi) is 5.99. The average molecular weight is 228 g/mol. The third-order valence-electron chi connectivity index (χ3n) is 3.69. The summed E-state index contributed by atoms with van der Waals surface area (Å²) in [5, 5.41) is 0. The summed E-state index contributed by atoms with van der Waals surface area (Å²) in [4.78, 5) is 2.46. The van der Waals surface area contributed by atoms with Crippen LogP contribution >= 0.6 is 0 Å². The van der Waals surface area contributed by atoms with E-state index in [4.69, 9.17) is 5.73 Å². The summed E-state index contributed by atoms with van der Waals surface area (Å²) in [5.74, 6) is 0. The monoisotopic (exact) mass is 228 g/mol. The van der Waals surface area contributed by atoms with Gasteiger partial charge in [-0.2, -0.15) is 0 Å². The van der Waals surface area contributed by atoms with Gasteiger partial charge in [-0.1, -0.05) is 34.6 Å². The molecule has 16 heavy (non-hydrogen) atoms. The Morgan fingerprint density at radius 2 is 1.44 bits per heavy atom. The summed E-state index contributed by atoms with van der Waals surface area (Å²) >= 11 is 0. The molecule has 0 aliphatic carbocycles. The molecular weight excluding hydrogens is 196 g/mol. The second-order valence-corrected chi connectivity index (χ2v) is 6.53. The van der Waals surface area contributed by atoms with Crippen LogP contribution in [0.15, 0.2) is 0 Å². The summed E-state index contributed by atoms with van der Waals surface area (Å²) in [6.45, 7) is 18.0. The number of hydrogen-bond acceptors (Lipinski definition) is 2. The van der Waals surface area contributed by atoms with Gasteiger partial charge in [-0.3, -0.25) is 4.90 Å². The summed E-state index contributed by atoms with van der Waals surface area (Å²) in [6.07, 6.45) is 2.30. The molecule has 0 aliphatic heterocycles. The SMILES string of the molecule is CCN(CC)C(C)(C)C(N)CCC(C)(C)C. The molecule has 0 spiro atoms. The molecule has 0 aromatic carbocycles. The van der Waals surface area contributed by atoms with Gasteiger partial charge in [-0.15, -0.1) is 0 Å². The van der Waals surface area contributed by atoms with Crippen molar-refractivity contribution in [2.45, 2.75) is 72.9 Å². The quantitative estimate of drug-likeness (QED) is 0.756. The maximum Gasteiger partial charge on any atom is 0.0303 e. The zero-order chi connectivity index (χ0) is 13.0. The Morgan fingerprint density at radius 3 is 1.75 bits per heavy atom. The van der Waals surface area contributed by atoms with E-state index in [0.29, 0.717) is 5.41 Å². The van der Waals surface area contributed by atoms with Crippen molar-refractivity contribution in [2.75, 3.05) is 13.1 Å². The lowest BCUT2D eigenvalue weighted by molar-refractivity contribution is 0.0980. The molecule has 0 saturated heterocycles. The van der Waals surface area contributed by atoms with Gasteiger partial charge < -0.3 is 5.73 Å². The van der Waals surface area contributed by atoms with Gasteiger partial charge in [0.05, 0.1) is 0 Å². The lowest BCUT2D eigenvalue weighted by Crippen LogP contribution is -2.56. The van der Waals surface area contributed by atoms with E-state index in [1.165, 1.54) is 6.42 Å². The fourth-order valence-corrected chi connectivity index (χ4v) is 2.21. The van der Waals surface area contributed by atoms with Crippen LogP contribution in [0.5, 0.6) is 0 Å². The highest BCUT2D eigenvalue weighted by Crippen LogP contribution is 2.26. The lowest BCUT2D eigenvalue weighted by Gasteiger charge is -2.42. The van der Waals surface area contributed by atoms with E-state index < -0.39 is 0 Å². The molecule has 0 aromatic heterocycles. The van der Waals surface area contributed by atoms with Crippen molar-refractivity contribution in [3.05, 3.63) is 0 Å². The van der Waals surface area contributed by atoms with Gasteiger partial charge in [-0.25, -0.2) is 0 Å². The molecule has 0 fully saturated rings. The number of likely N-dealkylation sites (N-methyl/N-ethyl adjacent to an activating group) is 1. The first-order chi connectivity index (χ1) is 7.15. The molecule has 2 heteroatoms. The normalized spacial score (nSPS) is 15.6. The fraction of sp³-hybridized carbons (Fsp3) is 1.00. The van der Waals surface area contributed by atoms with Crippen molar-refractivity contribution in [2.24, 2.45) is 11.1 Å². The van der Waals surface area contributed by atoms with E-state index in [9.17, 15) is 0 Å². The highest BCUT2D eigenvalue weighted by atomic mass is 15.2. The van der Waals surface area contributed by atoms with E-state index in [-0.39, 0.29) is 11.6 Å². The van der Waals surface area contributed by atoms with Gasteiger partial charge >= 0.3 is 0 Å². The van der Waals surface area contributed by atoms with E-state index >= 15 is 0 Å². The third kappa shape index (κ3) is 4.84. The Hall–Kier alpha value is -0.0800. The van der Waals surface area contributed by atoms with Crippen LogP contribution in [0.1, 0.15) is 61.3 Å². The largest absolute Gasteiger partial charge is 0.326 e. The van der Waals surface area contributed by atoms with Crippen LogP contribution in [0.2, 0.25) is 0 Å². The van der Waals surface area contributed by atoms with E-state index in [1.807, 2.05) is 0 Å². The van der Waals surface area contributed by atoms with Crippen molar-refractivity contribution < 1.29 is 0 Å². The van der Waals surface area contributed by atoms with Gasteiger partial charge in [0.1, 0.15) is 0 Å². The Balaban J connectivity index is 4.39. The molecule has 0 saturated carbocycles. The number of hydrogen-bond donors (Lipinski definition) is 1. The van der Waals surface area contributed by atoms with Crippen molar-refractivity contribution in [1.29, 1.82) is 0 Å². The van der Waals surface area contributed by atoms with E-state index in [0.717, 1.165) is 19.5 Å². The maximum atomic E-state index is 6.37. The Labute approximate surface area is 103 Å². The van der Waals surface area contributed by atoms with Crippen LogP contribution in [0.3, 0.4) is 0 Å². The standard InChI is InChI=1S/C14H32N2/c1-8-16(9-2)14(6,7)12(15)10-11-13(3,4)5/h12H,8-11,15H2,1-7H3. The molecule has 0 bridgehead atoms. The van der Waals surface area contributed by atoms with Crippen LogP contribution < -0.4 is 5.73 Å². The van der Waals surface area contributed by atoms with Crippen LogP contribution in [-0.2, 0) is 0 Å². The third-order valence-corrected chi connectivity index (χ3v) is 3.69. The van der Waals surface area contributed by atoms with Gasteiger partial charge in [0.15, 0.2) is 0 Å². The first kappa shape index (κ1) is 15.9. The summed E-state index contributed by atoms with van der Waals surface area (Å²) < 4.78 is 0. The molecule has 0 aliphatic rings. The number of nitrogens with two attached hydrogens (primary N) is 1. The molecular formula is C14H32N2. The van der Waals surface area contributed by atoms with Crippen molar-refractivity contribution in [3.63, 3.8) is 0 Å². The molecule has 0 rings (SSSR count). The Morgan fingerprint density at radius 1 is 1.00 bits per heavy atom. The molecule has 0 aromatic rings. The highest BCUT2D eigenvalue weighted by molar-refractivity contribution is 4.91. The average Bonchev–Trinajstić information content (AvgIpc) is 2.14. The number of rotatable bonds is 6. The maximum absolute atomic E-state index is 6.37. The fourth-order valence-electron chi connectivity index (χ4n) is 2.21. The van der Waals surface area contributed by atoms with Gasteiger partial charge in [0.25, 0.3) is 0 Å². The summed E-state index contributed by atoms with van der Waals surface area (Å²) in [5.41, 5.74) is 6.86. The van der Waals surface area contributed by atoms with Crippen LogP contribution in [0.4, 0.5) is 0 Å². The zero-order valence-corrected chi connectivity index (χ0v) is 12.4. The van der Waals surface area contributed by atoms with Crippen molar-refractivity contribution in [3.8, 4) is 0 Å². The van der Waals surface area contributed by atoms with E-state index in [2.05, 4.69) is 53.4 Å². The topological polar surface area (TPSA) is 29.3 Å².